The van der Waals surface area contributed by atoms with Crippen molar-refractivity contribution in [2.24, 2.45) is 29.4 Å². The number of nitrogens with zero attached hydrogens (tertiary/aromatic N) is 5. The van der Waals surface area contributed by atoms with Crippen LogP contribution in [0.15, 0.2) is 71.9 Å². The Balaban J connectivity index is 1.42. The summed E-state index contributed by atoms with van der Waals surface area (Å²) in [6, 6.07) is 17.3. The van der Waals surface area contributed by atoms with Gasteiger partial charge < -0.3 is 30.8 Å². The highest BCUT2D eigenvalue weighted by atomic mass is 16.6. The first-order valence-corrected chi connectivity index (χ1v) is 15.4. The highest BCUT2D eigenvalue weighted by molar-refractivity contribution is 6.07. The summed E-state index contributed by atoms with van der Waals surface area (Å²) in [4.78, 5) is 52.5. The zero-order valence-electron chi connectivity index (χ0n) is 27.3. The molecule has 0 saturated carbocycles. The number of imidazole rings is 1. The van der Waals surface area contributed by atoms with E-state index >= 15 is 0 Å². The number of nitrogens with one attached hydrogen (secondary N) is 1. The van der Waals surface area contributed by atoms with Gasteiger partial charge in [-0.2, -0.15) is 0 Å². The topological polar surface area (TPSA) is 180 Å². The van der Waals surface area contributed by atoms with Crippen LogP contribution in [0, 0.1) is 5.92 Å². The third-order valence-corrected chi connectivity index (χ3v) is 7.93. The minimum atomic E-state index is -0.776. The van der Waals surface area contributed by atoms with Crippen molar-refractivity contribution in [3.63, 3.8) is 0 Å². The molecule has 47 heavy (non-hydrogen) atoms. The number of aryl methyl sites for hydroxylation is 1. The number of pyridine rings is 1. The first-order valence-electron chi connectivity index (χ1n) is 15.4. The summed E-state index contributed by atoms with van der Waals surface area (Å²) in [6.07, 6.45) is 1.61. The zero-order valence-corrected chi connectivity index (χ0v) is 27.3. The van der Waals surface area contributed by atoms with E-state index in [4.69, 9.17) is 25.9 Å². The molecule has 0 saturated heterocycles. The molecular formula is C34H42N8O5. The third-order valence-electron chi connectivity index (χ3n) is 7.93. The number of carbonyl (C=O) groups excluding carboxylic acids is 3. The summed E-state index contributed by atoms with van der Waals surface area (Å²) in [5.74, 6) is 0.208. The summed E-state index contributed by atoms with van der Waals surface area (Å²) in [5, 5.41) is 3.36. The van der Waals surface area contributed by atoms with Gasteiger partial charge in [-0.15, -0.1) is 0 Å². The number of amides is 1. The van der Waals surface area contributed by atoms with Crippen LogP contribution in [-0.2, 0) is 32.7 Å². The zero-order chi connectivity index (χ0) is 34.1. The van der Waals surface area contributed by atoms with Crippen LogP contribution >= 0.6 is 0 Å². The first-order chi connectivity index (χ1) is 22.5. The number of methoxy groups -OCH3 is 1. The van der Waals surface area contributed by atoms with Crippen molar-refractivity contribution in [2.45, 2.75) is 52.4 Å². The number of hydrogen-bond donors (Lipinski definition) is 3. The third kappa shape index (κ3) is 8.70. The first kappa shape index (κ1) is 34.6. The molecule has 13 nitrogen and oxygen atoms in total. The molecule has 2 heterocycles. The number of aliphatic imine (C=N–C) groups is 1. The van der Waals surface area contributed by atoms with E-state index in [2.05, 4.69) is 15.3 Å². The molecule has 0 spiro atoms. The van der Waals surface area contributed by atoms with Crippen molar-refractivity contribution in [2.75, 3.05) is 23.9 Å². The molecule has 248 valence electrons. The lowest BCUT2D eigenvalue weighted by molar-refractivity contribution is -0.150. The number of benzene rings is 2. The summed E-state index contributed by atoms with van der Waals surface area (Å²) >= 11 is 0. The molecule has 0 aliphatic rings. The molecule has 1 amide bonds. The van der Waals surface area contributed by atoms with Gasteiger partial charge in [0.15, 0.2) is 6.23 Å². The lowest BCUT2D eigenvalue weighted by Crippen LogP contribution is -2.39. The van der Waals surface area contributed by atoms with E-state index < -0.39 is 24.2 Å². The van der Waals surface area contributed by atoms with E-state index in [1.807, 2.05) is 55.8 Å². The van der Waals surface area contributed by atoms with Gasteiger partial charge in [0.25, 0.3) is 5.91 Å². The number of anilines is 2. The summed E-state index contributed by atoms with van der Waals surface area (Å²) < 4.78 is 12.1. The fraction of sp³-hybridized carbons (Fsp3) is 0.353. The Hall–Kier alpha value is -5.30. The number of hydrogen-bond acceptors (Lipinski definition) is 10. The van der Waals surface area contributed by atoms with Crippen molar-refractivity contribution < 1.29 is 23.9 Å². The summed E-state index contributed by atoms with van der Waals surface area (Å²) in [6.45, 7) is 6.04. The molecule has 3 unspecified atom stereocenters. The Bertz CT molecular complexity index is 1720. The normalized spacial score (nSPS) is 13.4. The summed E-state index contributed by atoms with van der Waals surface area (Å²) in [7, 11) is 3.22. The average molecular weight is 643 g/mol. The number of fused-ring (bicyclic) bond motifs is 1. The van der Waals surface area contributed by atoms with E-state index in [1.54, 1.807) is 43.5 Å². The molecule has 0 aliphatic carbocycles. The second-order valence-electron chi connectivity index (χ2n) is 11.2. The number of nitrogens with two attached hydrogens (primary N) is 2. The van der Waals surface area contributed by atoms with Gasteiger partial charge in [0.2, 0.25) is 0 Å². The van der Waals surface area contributed by atoms with E-state index in [1.165, 1.54) is 12.0 Å². The maximum atomic E-state index is 13.6. The predicted molar refractivity (Wildman–Crippen MR) is 181 cm³/mol. The van der Waals surface area contributed by atoms with Crippen molar-refractivity contribution in [1.29, 1.82) is 0 Å². The smallest absolute Gasteiger partial charge is 0.325 e. The number of carbonyl (C=O) groups is 3. The lowest BCUT2D eigenvalue weighted by atomic mass is 10.0. The SMILES string of the molecule is CCC(C)C(N)C(=O)OC(C)/N=C(\N)c1ccc(NCc2nc3cc(C(=O)N(CCC(=O)OC)c4ccccn4)ccc3n2C)cc1. The van der Waals surface area contributed by atoms with Crippen molar-refractivity contribution >= 4 is 46.2 Å². The fourth-order valence-electron chi connectivity index (χ4n) is 4.80. The van der Waals surface area contributed by atoms with Crippen molar-refractivity contribution in [3.8, 4) is 0 Å². The number of rotatable bonds is 14. The Labute approximate surface area is 274 Å². The highest BCUT2D eigenvalue weighted by Crippen LogP contribution is 2.21. The van der Waals surface area contributed by atoms with E-state index in [9.17, 15) is 14.4 Å². The standard InChI is InChI=1S/C34H42N8O5/c1-6-21(2)31(35)34(45)47-22(3)39-32(36)23-10-13-25(14-11-23)38-20-29-40-26-19-24(12-15-27(26)41(29)4)33(44)42(18-16-30(43)46-5)28-9-7-8-17-37-28/h7-15,17,19,21-22,31,38H,6,16,18,20,35H2,1-5H3,(H2,36,39). The van der Waals surface area contributed by atoms with Crippen LogP contribution in [0.5, 0.6) is 0 Å². The molecule has 3 atom stereocenters. The monoisotopic (exact) mass is 642 g/mol. The number of esters is 2. The molecule has 0 fully saturated rings. The largest absolute Gasteiger partial charge is 0.469 e. The van der Waals surface area contributed by atoms with Gasteiger partial charge in [0.1, 0.15) is 23.5 Å². The second-order valence-corrected chi connectivity index (χ2v) is 11.2. The van der Waals surface area contributed by atoms with Crippen LogP contribution in [0.1, 0.15) is 55.4 Å². The minimum Gasteiger partial charge on any atom is -0.469 e. The van der Waals surface area contributed by atoms with E-state index in [-0.39, 0.29) is 30.6 Å². The fourth-order valence-corrected chi connectivity index (χ4v) is 4.80. The van der Waals surface area contributed by atoms with Crippen LogP contribution in [0.25, 0.3) is 11.0 Å². The maximum absolute atomic E-state index is 13.6. The predicted octanol–water partition coefficient (Wildman–Crippen LogP) is 3.76. The molecule has 4 rings (SSSR count). The van der Waals surface area contributed by atoms with Crippen LogP contribution in [0.4, 0.5) is 11.5 Å². The quantitative estimate of drug-likeness (QED) is 0.104. The van der Waals surface area contributed by atoms with Crippen LogP contribution in [0.2, 0.25) is 0 Å². The van der Waals surface area contributed by atoms with E-state index in [0.29, 0.717) is 29.0 Å². The molecule has 5 N–H and O–H groups in total. The van der Waals surface area contributed by atoms with Crippen LogP contribution in [-0.4, -0.2) is 64.1 Å². The molecule has 4 aromatic rings. The Kier molecular flexibility index (Phi) is 11.6. The van der Waals surface area contributed by atoms with Gasteiger partial charge in [-0.05, 0) is 67.4 Å². The van der Waals surface area contributed by atoms with Crippen LogP contribution in [0.3, 0.4) is 0 Å². The van der Waals surface area contributed by atoms with Gasteiger partial charge in [0.05, 0.1) is 31.1 Å². The Morgan fingerprint density at radius 3 is 2.45 bits per heavy atom. The Morgan fingerprint density at radius 2 is 1.79 bits per heavy atom. The second kappa shape index (κ2) is 15.8. The van der Waals surface area contributed by atoms with E-state index in [0.717, 1.165) is 23.4 Å². The van der Waals surface area contributed by atoms with Gasteiger partial charge in [0, 0.05) is 36.6 Å². The van der Waals surface area contributed by atoms with Gasteiger partial charge in [-0.1, -0.05) is 26.3 Å². The van der Waals surface area contributed by atoms with Crippen molar-refractivity contribution in [3.05, 3.63) is 83.8 Å². The molecule has 0 aliphatic heterocycles. The van der Waals surface area contributed by atoms with Gasteiger partial charge in [-0.3, -0.25) is 19.3 Å². The molecule has 2 aromatic carbocycles. The Morgan fingerprint density at radius 1 is 1.06 bits per heavy atom. The minimum absolute atomic E-state index is 0.000870. The number of amidine groups is 1. The van der Waals surface area contributed by atoms with Gasteiger partial charge >= 0.3 is 11.9 Å². The van der Waals surface area contributed by atoms with Gasteiger partial charge in [-0.25, -0.2) is 15.0 Å². The van der Waals surface area contributed by atoms with Crippen LogP contribution < -0.4 is 21.7 Å². The number of ether oxygens (including phenoxy) is 2. The average Bonchev–Trinajstić information content (AvgIpc) is 3.40. The lowest BCUT2D eigenvalue weighted by Gasteiger charge is -2.21. The molecule has 0 radical (unpaired) electrons. The number of aromatic nitrogens is 3. The molecular weight excluding hydrogens is 600 g/mol. The molecule has 13 heteroatoms. The maximum Gasteiger partial charge on any atom is 0.325 e. The summed E-state index contributed by atoms with van der Waals surface area (Å²) in [5.41, 5.74) is 15.6. The molecule has 0 bridgehead atoms. The molecule has 2 aromatic heterocycles. The highest BCUT2D eigenvalue weighted by Gasteiger charge is 2.23. The van der Waals surface area contributed by atoms with Crippen molar-refractivity contribution in [1.82, 2.24) is 14.5 Å².